The fourth-order valence-electron chi connectivity index (χ4n) is 6.41. The van der Waals surface area contributed by atoms with Crippen LogP contribution in [0.4, 0.5) is 0 Å². The Bertz CT molecular complexity index is 1310. The van der Waals surface area contributed by atoms with Gasteiger partial charge in [-0.15, -0.1) is 0 Å². The first-order chi connectivity index (χ1) is 19.6. The summed E-state index contributed by atoms with van der Waals surface area (Å²) in [5.74, 6) is 0. The van der Waals surface area contributed by atoms with E-state index in [1.807, 2.05) is 0 Å². The molecule has 0 saturated heterocycles. The molecule has 3 rings (SSSR count). The van der Waals surface area contributed by atoms with E-state index in [0.29, 0.717) is 5.40 Å². The van der Waals surface area contributed by atoms with Crippen LogP contribution < -0.4 is 0 Å². The smallest absolute Gasteiger partial charge is 0.0515 e. The number of rotatable bonds is 5. The summed E-state index contributed by atoms with van der Waals surface area (Å²) in [6, 6.07) is 10.4. The molecule has 1 aliphatic rings. The summed E-state index contributed by atoms with van der Waals surface area (Å²) in [4.78, 5) is 0. The van der Waals surface area contributed by atoms with Gasteiger partial charge >= 0.3 is 0 Å². The molecule has 0 aliphatic carbocycles. The van der Waals surface area contributed by atoms with Crippen LogP contribution in [0.25, 0.3) is 0 Å². The van der Waals surface area contributed by atoms with E-state index in [9.17, 15) is 0 Å². The van der Waals surface area contributed by atoms with Gasteiger partial charge in [-0.2, -0.15) is 0 Å². The molecular formula is C42H68P2. The third-order valence-electron chi connectivity index (χ3n) is 9.33. The van der Waals surface area contributed by atoms with E-state index >= 15 is 0 Å². The van der Waals surface area contributed by atoms with Gasteiger partial charge in [0.1, 0.15) is 0 Å². The molecule has 0 N–H and O–H groups in total. The number of benzene rings is 2. The van der Waals surface area contributed by atoms with Crippen LogP contribution >= 0.6 is 16.1 Å². The second kappa shape index (κ2) is 12.2. The molecular weight excluding hydrogens is 566 g/mol. The predicted octanol–water partition coefficient (Wildman–Crippen LogP) is 13.9. The molecule has 246 valence electrons. The Labute approximate surface area is 277 Å². The molecule has 0 nitrogen and oxygen atoms in total. The minimum Gasteiger partial charge on any atom is -0.0820 e. The predicted molar refractivity (Wildman–Crippen MR) is 206 cm³/mol. The summed E-state index contributed by atoms with van der Waals surface area (Å²) in [6.45, 7) is 45.9. The van der Waals surface area contributed by atoms with E-state index in [4.69, 9.17) is 0 Å². The monoisotopic (exact) mass is 634 g/mol. The van der Waals surface area contributed by atoms with Crippen LogP contribution in [0.1, 0.15) is 194 Å². The van der Waals surface area contributed by atoms with Gasteiger partial charge in [0, 0.05) is 5.03 Å². The van der Waals surface area contributed by atoms with Crippen molar-refractivity contribution < 1.29 is 0 Å². The minimum atomic E-state index is -0.308. The lowest BCUT2D eigenvalue weighted by Gasteiger charge is -2.45. The van der Waals surface area contributed by atoms with Gasteiger partial charge in [0.15, 0.2) is 0 Å². The zero-order valence-electron chi connectivity index (χ0n) is 32.4. The highest BCUT2D eigenvalue weighted by molar-refractivity contribution is 7.98. The van der Waals surface area contributed by atoms with Crippen LogP contribution in [-0.4, -0.2) is 11.2 Å². The normalized spacial score (nSPS) is 19.1. The van der Waals surface area contributed by atoms with Crippen molar-refractivity contribution in [2.24, 2.45) is 0 Å². The fourth-order valence-corrected chi connectivity index (χ4v) is 12.2. The van der Waals surface area contributed by atoms with Crippen molar-refractivity contribution in [2.45, 2.75) is 182 Å². The molecule has 2 atom stereocenters. The molecule has 0 amide bonds. The molecule has 2 heteroatoms. The van der Waals surface area contributed by atoms with Crippen LogP contribution in [-0.2, 0) is 32.5 Å². The van der Waals surface area contributed by atoms with Gasteiger partial charge in [-0.25, -0.2) is 0 Å². The lowest BCUT2D eigenvalue weighted by molar-refractivity contribution is 0.541. The molecule has 0 bridgehead atoms. The Morgan fingerprint density at radius 2 is 0.864 bits per heavy atom. The van der Waals surface area contributed by atoms with Gasteiger partial charge in [0.2, 0.25) is 0 Å². The second-order valence-corrected chi connectivity index (χ2v) is 24.1. The number of hydrogen-bond donors (Lipinski definition) is 0. The molecule has 0 spiro atoms. The van der Waals surface area contributed by atoms with Crippen LogP contribution in [0.3, 0.4) is 0 Å². The summed E-state index contributed by atoms with van der Waals surface area (Å²) in [7, 11) is 1.24. The lowest BCUT2D eigenvalue weighted by atomic mass is 9.72. The first kappa shape index (κ1) is 37.5. The van der Waals surface area contributed by atoms with Crippen LogP contribution in [0, 0.1) is 0 Å². The van der Waals surface area contributed by atoms with Gasteiger partial charge in [0.05, 0.1) is 5.40 Å². The SMILES string of the molecule is CCCCP1C(c2c(C(C)(C)C)cc(C(C)(C)C)cc2C(C)(C)C)=P[C@H]1c1c(C(C)(C)C)cc(C(C)(C)C)cc1C(C)(C)C. The minimum absolute atomic E-state index is 0.0808. The summed E-state index contributed by atoms with van der Waals surface area (Å²) in [6.07, 6.45) is 3.91. The van der Waals surface area contributed by atoms with Crippen molar-refractivity contribution in [3.05, 3.63) is 68.8 Å². The fraction of sp³-hybridized carbons (Fsp3) is 0.690. The average Bonchev–Trinajstić information content (AvgIpc) is 2.79. The Morgan fingerprint density at radius 3 is 1.16 bits per heavy atom. The Hall–Kier alpha value is -0.960. The standard InChI is InChI=1S/C42H68P2/c1-20-21-22-44-35(33-29(39(8,9)10)23-27(37(2,3)4)24-30(33)40(11,12)13)43-36(44)34-31(41(14,15)16)25-28(38(5,6)7)26-32(34)42(17,18)19/h23-26,35H,20-22H2,1-19H3/t35-,44?/m1/s1. The van der Waals surface area contributed by atoms with Crippen molar-refractivity contribution >= 4 is 21.2 Å². The highest BCUT2D eigenvalue weighted by Crippen LogP contribution is 2.73. The topological polar surface area (TPSA) is 0 Å². The third kappa shape index (κ3) is 7.94. The summed E-state index contributed by atoms with van der Waals surface area (Å²) >= 11 is 0. The third-order valence-corrected chi connectivity index (χ3v) is 15.0. The summed E-state index contributed by atoms with van der Waals surface area (Å²) < 4.78 is 0. The Morgan fingerprint density at radius 1 is 0.523 bits per heavy atom. The van der Waals surface area contributed by atoms with Crippen LogP contribution in [0.2, 0.25) is 0 Å². The van der Waals surface area contributed by atoms with E-state index in [2.05, 4.69) is 156 Å². The maximum atomic E-state index is 2.60. The number of hydrogen-bond acceptors (Lipinski definition) is 0. The van der Waals surface area contributed by atoms with Gasteiger partial charge in [-0.1, -0.05) is 178 Å². The van der Waals surface area contributed by atoms with E-state index in [-0.39, 0.29) is 40.4 Å². The maximum Gasteiger partial charge on any atom is 0.0515 e. The first-order valence-corrected chi connectivity index (χ1v) is 19.9. The highest BCUT2D eigenvalue weighted by Gasteiger charge is 2.43. The molecule has 0 radical (unpaired) electrons. The van der Waals surface area contributed by atoms with Gasteiger partial charge in [-0.05, 0) is 89.6 Å². The molecule has 1 unspecified atom stereocenters. The second-order valence-electron chi connectivity index (χ2n) is 19.8. The van der Waals surface area contributed by atoms with Gasteiger partial charge in [-0.3, -0.25) is 0 Å². The van der Waals surface area contributed by atoms with Crippen molar-refractivity contribution in [2.75, 3.05) is 6.16 Å². The molecule has 1 heterocycles. The molecule has 0 aromatic heterocycles. The highest BCUT2D eigenvalue weighted by atomic mass is 31.2. The van der Waals surface area contributed by atoms with Crippen molar-refractivity contribution in [1.82, 2.24) is 0 Å². The van der Waals surface area contributed by atoms with E-state index in [1.54, 1.807) is 46.6 Å². The molecule has 0 fully saturated rings. The summed E-state index contributed by atoms with van der Waals surface area (Å²) in [5.41, 5.74) is 13.2. The average molecular weight is 635 g/mol. The van der Waals surface area contributed by atoms with E-state index in [0.717, 1.165) is 0 Å². The Balaban J connectivity index is 2.49. The summed E-state index contributed by atoms with van der Waals surface area (Å²) in [5, 5.41) is 2.38. The van der Waals surface area contributed by atoms with Crippen molar-refractivity contribution in [3.63, 3.8) is 0 Å². The molecule has 0 saturated carbocycles. The van der Waals surface area contributed by atoms with Crippen molar-refractivity contribution in [3.8, 4) is 0 Å². The Kier molecular flexibility index (Phi) is 10.4. The molecule has 2 aromatic carbocycles. The van der Waals surface area contributed by atoms with Crippen molar-refractivity contribution in [1.29, 1.82) is 0 Å². The zero-order valence-corrected chi connectivity index (χ0v) is 34.2. The van der Waals surface area contributed by atoms with Gasteiger partial charge < -0.3 is 0 Å². The number of unbranched alkanes of at least 4 members (excludes halogenated alkanes) is 1. The van der Waals surface area contributed by atoms with Crippen LogP contribution in [0.5, 0.6) is 0 Å². The lowest BCUT2D eigenvalue weighted by Crippen LogP contribution is -2.30. The molecule has 44 heavy (non-hydrogen) atoms. The quantitative estimate of drug-likeness (QED) is 0.287. The molecule has 1 aliphatic heterocycles. The van der Waals surface area contributed by atoms with Crippen LogP contribution in [0.15, 0.2) is 24.3 Å². The zero-order chi connectivity index (χ0) is 34.0. The van der Waals surface area contributed by atoms with Gasteiger partial charge in [0.25, 0.3) is 0 Å². The largest absolute Gasteiger partial charge is 0.0820 e. The van der Waals surface area contributed by atoms with E-state index < -0.39 is 0 Å². The molecule has 2 aromatic rings. The van der Waals surface area contributed by atoms with E-state index in [1.165, 1.54) is 30.1 Å². The first-order valence-electron chi connectivity index (χ1n) is 17.3. The maximum absolute atomic E-state index is 2.60.